The van der Waals surface area contributed by atoms with Crippen LogP contribution in [-0.2, 0) is 19.6 Å². The second-order valence-corrected chi connectivity index (χ2v) is 11.0. The third-order valence-electron chi connectivity index (χ3n) is 6.50. The van der Waals surface area contributed by atoms with Gasteiger partial charge in [-0.25, -0.2) is 8.42 Å². The maximum atomic E-state index is 13.2. The molecular formula is C21H31Cl2N3O4S. The van der Waals surface area contributed by atoms with E-state index in [9.17, 15) is 13.2 Å². The van der Waals surface area contributed by atoms with Crippen LogP contribution in [0.2, 0.25) is 10.0 Å². The zero-order valence-electron chi connectivity index (χ0n) is 18.2. The fourth-order valence-corrected chi connectivity index (χ4v) is 6.63. The number of ether oxygens (including phenoxy) is 1. The van der Waals surface area contributed by atoms with Crippen LogP contribution in [0.4, 0.5) is 0 Å². The third-order valence-corrected chi connectivity index (χ3v) is 9.37. The number of piperidine rings is 1. The summed E-state index contributed by atoms with van der Waals surface area (Å²) in [5.41, 5.74) is -0.539. The fourth-order valence-electron chi connectivity index (χ4n) is 4.45. The van der Waals surface area contributed by atoms with Gasteiger partial charge in [0.2, 0.25) is 15.9 Å². The maximum Gasteiger partial charge on any atom is 0.244 e. The molecule has 174 valence electrons. The quantitative estimate of drug-likeness (QED) is 0.564. The summed E-state index contributed by atoms with van der Waals surface area (Å²) in [6.07, 6.45) is 2.64. The number of carbonyl (C=O) groups is 1. The van der Waals surface area contributed by atoms with Crippen LogP contribution in [0.15, 0.2) is 23.1 Å². The molecule has 0 radical (unpaired) electrons. The summed E-state index contributed by atoms with van der Waals surface area (Å²) < 4.78 is 33.0. The van der Waals surface area contributed by atoms with Crippen molar-refractivity contribution in [1.29, 1.82) is 0 Å². The average molecular weight is 492 g/mol. The number of rotatable bonds is 8. The Hall–Kier alpha value is -0.900. The average Bonchev–Trinajstić information content (AvgIpc) is 3.01. The third kappa shape index (κ3) is 4.75. The monoisotopic (exact) mass is 491 g/mol. The van der Waals surface area contributed by atoms with Gasteiger partial charge in [-0.2, -0.15) is 4.31 Å². The van der Waals surface area contributed by atoms with E-state index in [1.807, 2.05) is 4.90 Å². The van der Waals surface area contributed by atoms with Gasteiger partial charge in [-0.3, -0.25) is 10.1 Å². The number of hydrogen-bond acceptors (Lipinski definition) is 5. The van der Waals surface area contributed by atoms with E-state index in [1.54, 1.807) is 19.2 Å². The van der Waals surface area contributed by atoms with E-state index < -0.39 is 15.7 Å². The van der Waals surface area contributed by atoms with Crippen LogP contribution >= 0.6 is 23.2 Å². The number of halogens is 2. The molecule has 0 bridgehead atoms. The van der Waals surface area contributed by atoms with Gasteiger partial charge in [0.1, 0.15) is 4.90 Å². The molecule has 1 N–H and O–H groups in total. The molecule has 1 aromatic rings. The molecule has 2 saturated heterocycles. The number of amides is 1. The zero-order valence-corrected chi connectivity index (χ0v) is 20.6. The number of carbonyl (C=O) groups excluding carboxylic acids is 1. The van der Waals surface area contributed by atoms with Crippen LogP contribution < -0.4 is 5.32 Å². The predicted molar refractivity (Wildman–Crippen MR) is 122 cm³/mol. The van der Waals surface area contributed by atoms with Gasteiger partial charge in [-0.1, -0.05) is 49.5 Å². The molecule has 2 heterocycles. The molecule has 1 spiro atoms. The Kier molecular flexibility index (Phi) is 7.92. The molecule has 0 unspecified atom stereocenters. The molecule has 0 saturated carbocycles. The molecule has 10 heteroatoms. The summed E-state index contributed by atoms with van der Waals surface area (Å²) in [4.78, 5) is 15.1. The highest BCUT2D eigenvalue weighted by Crippen LogP contribution is 2.38. The van der Waals surface area contributed by atoms with E-state index in [1.165, 1.54) is 10.4 Å². The molecule has 2 aliphatic heterocycles. The van der Waals surface area contributed by atoms with Crippen molar-refractivity contribution in [2.75, 3.05) is 33.4 Å². The lowest BCUT2D eigenvalue weighted by atomic mass is 9.96. The molecule has 31 heavy (non-hydrogen) atoms. The van der Waals surface area contributed by atoms with Crippen molar-refractivity contribution in [2.45, 2.75) is 56.1 Å². The molecule has 0 aromatic heterocycles. The standard InChI is InChI=1S/C21H31Cl2N3O4S/c1-4-15(2)19-20(27)26(11-6-14-30-3)21(24-19)9-12-25(13-10-21)31(28,29)17-8-5-7-16(22)18(17)23/h5,7-8,15,19,24H,4,6,9-14H2,1-3H3/t15-,19+/m1/s1. The van der Waals surface area contributed by atoms with Crippen LogP contribution in [0.5, 0.6) is 0 Å². The van der Waals surface area contributed by atoms with Crippen LogP contribution in [0, 0.1) is 5.92 Å². The lowest BCUT2D eigenvalue weighted by Gasteiger charge is -2.44. The van der Waals surface area contributed by atoms with E-state index in [4.69, 9.17) is 27.9 Å². The largest absolute Gasteiger partial charge is 0.385 e. The van der Waals surface area contributed by atoms with Gasteiger partial charge >= 0.3 is 0 Å². The van der Waals surface area contributed by atoms with Gasteiger partial charge in [0, 0.05) is 33.4 Å². The number of methoxy groups -OCH3 is 1. The molecule has 2 aliphatic rings. The van der Waals surface area contributed by atoms with Crippen LogP contribution in [0.25, 0.3) is 0 Å². The summed E-state index contributed by atoms with van der Waals surface area (Å²) in [7, 11) is -2.14. The molecule has 3 rings (SSSR count). The Morgan fingerprint density at radius 3 is 2.58 bits per heavy atom. The van der Waals surface area contributed by atoms with E-state index in [0.29, 0.717) is 39.1 Å². The molecule has 2 atom stereocenters. The zero-order chi connectivity index (χ0) is 22.8. The van der Waals surface area contributed by atoms with Gasteiger partial charge < -0.3 is 9.64 Å². The predicted octanol–water partition coefficient (Wildman–Crippen LogP) is 3.36. The lowest BCUT2D eigenvalue weighted by Crippen LogP contribution is -2.59. The van der Waals surface area contributed by atoms with Gasteiger partial charge in [-0.15, -0.1) is 0 Å². The Balaban J connectivity index is 1.81. The number of nitrogens with one attached hydrogen (secondary N) is 1. The van der Waals surface area contributed by atoms with Crippen LogP contribution in [0.3, 0.4) is 0 Å². The minimum Gasteiger partial charge on any atom is -0.385 e. The first-order valence-electron chi connectivity index (χ1n) is 10.7. The maximum absolute atomic E-state index is 13.2. The number of sulfonamides is 1. The minimum absolute atomic E-state index is 0.0162. The van der Waals surface area contributed by atoms with Crippen molar-refractivity contribution in [3.05, 3.63) is 28.2 Å². The minimum atomic E-state index is -3.78. The summed E-state index contributed by atoms with van der Waals surface area (Å²) in [6, 6.07) is 4.37. The Morgan fingerprint density at radius 2 is 1.97 bits per heavy atom. The smallest absolute Gasteiger partial charge is 0.244 e. The number of benzene rings is 1. The highest BCUT2D eigenvalue weighted by molar-refractivity contribution is 7.89. The van der Waals surface area contributed by atoms with E-state index in [0.717, 1.165) is 12.8 Å². The Labute approximate surface area is 195 Å². The van der Waals surface area contributed by atoms with Gasteiger partial charge in [0.25, 0.3) is 0 Å². The first-order chi connectivity index (χ1) is 14.7. The van der Waals surface area contributed by atoms with E-state index >= 15 is 0 Å². The van der Waals surface area contributed by atoms with Crippen molar-refractivity contribution in [1.82, 2.24) is 14.5 Å². The molecule has 2 fully saturated rings. The molecule has 1 aromatic carbocycles. The Morgan fingerprint density at radius 1 is 1.29 bits per heavy atom. The van der Waals surface area contributed by atoms with Crippen molar-refractivity contribution in [3.63, 3.8) is 0 Å². The van der Waals surface area contributed by atoms with Crippen molar-refractivity contribution < 1.29 is 17.9 Å². The summed E-state index contributed by atoms with van der Waals surface area (Å²) >= 11 is 12.2. The Bertz CT molecular complexity index is 904. The molecular weight excluding hydrogens is 461 g/mol. The SMILES string of the molecule is CC[C@@H](C)[C@@H]1NC2(CCN(S(=O)(=O)c3cccc(Cl)c3Cl)CC2)N(CCCOC)C1=O. The second kappa shape index (κ2) is 9.93. The van der Waals surface area contributed by atoms with E-state index in [-0.39, 0.29) is 32.8 Å². The number of hydrogen-bond donors (Lipinski definition) is 1. The lowest BCUT2D eigenvalue weighted by molar-refractivity contribution is -0.134. The summed E-state index contributed by atoms with van der Waals surface area (Å²) in [5.74, 6) is 0.295. The summed E-state index contributed by atoms with van der Waals surface area (Å²) in [5, 5.41) is 3.83. The number of nitrogens with zero attached hydrogens (tertiary/aromatic N) is 2. The second-order valence-electron chi connectivity index (χ2n) is 8.33. The first-order valence-corrected chi connectivity index (χ1v) is 12.9. The highest BCUT2D eigenvalue weighted by Gasteiger charge is 2.53. The molecule has 7 nitrogen and oxygen atoms in total. The topological polar surface area (TPSA) is 79.0 Å². The van der Waals surface area contributed by atoms with Crippen LogP contribution in [0.1, 0.15) is 39.5 Å². The van der Waals surface area contributed by atoms with Gasteiger partial charge in [0.05, 0.1) is 21.7 Å². The van der Waals surface area contributed by atoms with Gasteiger partial charge in [0.15, 0.2) is 0 Å². The normalized spacial score (nSPS) is 22.9. The van der Waals surface area contributed by atoms with Crippen molar-refractivity contribution in [3.8, 4) is 0 Å². The van der Waals surface area contributed by atoms with Crippen molar-refractivity contribution >= 4 is 39.1 Å². The van der Waals surface area contributed by atoms with Crippen molar-refractivity contribution in [2.24, 2.45) is 5.92 Å². The summed E-state index contributed by atoms with van der Waals surface area (Å²) in [6.45, 7) is 5.88. The van der Waals surface area contributed by atoms with Crippen LogP contribution in [-0.4, -0.2) is 68.6 Å². The molecule has 0 aliphatic carbocycles. The van der Waals surface area contributed by atoms with Gasteiger partial charge in [-0.05, 0) is 37.3 Å². The van der Waals surface area contributed by atoms with E-state index in [2.05, 4.69) is 19.2 Å². The fraction of sp³-hybridized carbons (Fsp3) is 0.667. The molecule has 1 amide bonds. The highest BCUT2D eigenvalue weighted by atomic mass is 35.5. The first kappa shape index (κ1) is 24.7.